The lowest BCUT2D eigenvalue weighted by molar-refractivity contribution is 0.187. The molecule has 0 N–H and O–H groups in total. The van der Waals surface area contributed by atoms with Gasteiger partial charge in [0.15, 0.2) is 0 Å². The molecule has 0 spiro atoms. The molecule has 0 heterocycles. The van der Waals surface area contributed by atoms with Crippen LogP contribution in [0.1, 0.15) is 46.0 Å². The maximum Gasteiger partial charge on any atom is 0.108 e. The molecule has 15 heavy (non-hydrogen) atoms. The van der Waals surface area contributed by atoms with Crippen molar-refractivity contribution in [3.8, 4) is 6.07 Å². The van der Waals surface area contributed by atoms with Crippen LogP contribution in [0.25, 0.3) is 0 Å². The topological polar surface area (TPSA) is 27.0 Å². The van der Waals surface area contributed by atoms with Crippen molar-refractivity contribution in [1.82, 2.24) is 4.90 Å². The summed E-state index contributed by atoms with van der Waals surface area (Å²) in [5, 5.41) is 9.37. The smallest absolute Gasteiger partial charge is 0.108 e. The van der Waals surface area contributed by atoms with Gasteiger partial charge >= 0.3 is 0 Å². The average Bonchev–Trinajstić information content (AvgIpc) is 2.40. The molecule has 2 unspecified atom stereocenters. The van der Waals surface area contributed by atoms with Crippen LogP contribution in [0.3, 0.4) is 0 Å². The summed E-state index contributed by atoms with van der Waals surface area (Å²) in [5.74, 6) is 1.59. The third-order valence-electron chi connectivity index (χ3n) is 4.10. The van der Waals surface area contributed by atoms with E-state index in [1.54, 1.807) is 0 Å². The van der Waals surface area contributed by atoms with E-state index in [0.717, 1.165) is 24.7 Å². The summed E-state index contributed by atoms with van der Waals surface area (Å²) in [6, 6.07) is 2.54. The number of hydrogen-bond acceptors (Lipinski definition) is 2. The molecule has 1 fully saturated rings. The van der Waals surface area contributed by atoms with Gasteiger partial charge in [0.25, 0.3) is 0 Å². The minimum Gasteiger partial charge on any atom is -0.292 e. The van der Waals surface area contributed by atoms with E-state index < -0.39 is 0 Å². The van der Waals surface area contributed by atoms with E-state index in [1.165, 1.54) is 19.3 Å². The summed E-state index contributed by atoms with van der Waals surface area (Å²) in [4.78, 5) is 2.12. The Labute approximate surface area is 94.3 Å². The lowest BCUT2D eigenvalue weighted by atomic mass is 9.87. The molecule has 1 rings (SSSR count). The third-order valence-corrected chi connectivity index (χ3v) is 4.10. The lowest BCUT2D eigenvalue weighted by Crippen LogP contribution is -2.42. The van der Waals surface area contributed by atoms with Gasteiger partial charge in [-0.25, -0.2) is 0 Å². The minimum absolute atomic E-state index is 0.191. The van der Waals surface area contributed by atoms with Crippen molar-refractivity contribution in [1.29, 1.82) is 5.26 Å². The third kappa shape index (κ3) is 2.72. The molecule has 1 aliphatic carbocycles. The average molecular weight is 208 g/mol. The van der Waals surface area contributed by atoms with E-state index in [4.69, 9.17) is 0 Å². The monoisotopic (exact) mass is 208 g/mol. The second-order valence-corrected chi connectivity index (χ2v) is 5.47. The standard InChI is InChI=1S/C13H24N2/c1-11(2)12-6-5-8-13(10-14,9-7-12)15(3)4/h11-12H,5-9H2,1-4H3. The van der Waals surface area contributed by atoms with Gasteiger partial charge in [-0.2, -0.15) is 5.26 Å². The van der Waals surface area contributed by atoms with Crippen LogP contribution < -0.4 is 0 Å². The molecule has 1 saturated carbocycles. The molecule has 0 saturated heterocycles. The van der Waals surface area contributed by atoms with Crippen LogP contribution in [0.15, 0.2) is 0 Å². The highest BCUT2D eigenvalue weighted by Gasteiger charge is 2.35. The summed E-state index contributed by atoms with van der Waals surface area (Å²) in [6.07, 6.45) is 5.80. The summed E-state index contributed by atoms with van der Waals surface area (Å²) >= 11 is 0. The van der Waals surface area contributed by atoms with Crippen molar-refractivity contribution in [2.24, 2.45) is 11.8 Å². The fourth-order valence-electron chi connectivity index (χ4n) is 2.68. The molecule has 1 aliphatic rings. The molecular formula is C13H24N2. The fourth-order valence-corrected chi connectivity index (χ4v) is 2.68. The van der Waals surface area contributed by atoms with Crippen LogP contribution >= 0.6 is 0 Å². The maximum absolute atomic E-state index is 9.37. The van der Waals surface area contributed by atoms with Crippen molar-refractivity contribution in [3.05, 3.63) is 0 Å². The predicted molar refractivity (Wildman–Crippen MR) is 63.4 cm³/mol. The Morgan fingerprint density at radius 3 is 2.40 bits per heavy atom. The number of rotatable bonds is 2. The van der Waals surface area contributed by atoms with Crippen LogP contribution in [0.2, 0.25) is 0 Å². The van der Waals surface area contributed by atoms with Gasteiger partial charge in [-0.05, 0) is 45.2 Å². The van der Waals surface area contributed by atoms with Crippen molar-refractivity contribution < 1.29 is 0 Å². The summed E-state index contributed by atoms with van der Waals surface area (Å²) in [7, 11) is 4.08. The van der Waals surface area contributed by atoms with Gasteiger partial charge in [0.05, 0.1) is 6.07 Å². The first kappa shape index (κ1) is 12.5. The lowest BCUT2D eigenvalue weighted by Gasteiger charge is -2.32. The quantitative estimate of drug-likeness (QED) is 0.652. The number of nitriles is 1. The Morgan fingerprint density at radius 1 is 1.27 bits per heavy atom. The second-order valence-electron chi connectivity index (χ2n) is 5.47. The molecular weight excluding hydrogens is 184 g/mol. The van der Waals surface area contributed by atoms with Gasteiger partial charge in [-0.3, -0.25) is 4.90 Å². The Hall–Kier alpha value is -0.550. The summed E-state index contributed by atoms with van der Waals surface area (Å²) in [6.45, 7) is 4.61. The molecule has 0 bridgehead atoms. The van der Waals surface area contributed by atoms with E-state index in [9.17, 15) is 5.26 Å². The van der Waals surface area contributed by atoms with Crippen molar-refractivity contribution in [2.75, 3.05) is 14.1 Å². The highest BCUT2D eigenvalue weighted by molar-refractivity contribution is 5.08. The fraction of sp³-hybridized carbons (Fsp3) is 0.923. The van der Waals surface area contributed by atoms with Crippen LogP contribution in [-0.4, -0.2) is 24.5 Å². The zero-order chi connectivity index (χ0) is 11.5. The Kier molecular flexibility index (Phi) is 4.16. The zero-order valence-electron chi connectivity index (χ0n) is 10.6. The van der Waals surface area contributed by atoms with E-state index in [2.05, 4.69) is 24.8 Å². The van der Waals surface area contributed by atoms with Gasteiger partial charge in [0.1, 0.15) is 5.54 Å². The van der Waals surface area contributed by atoms with E-state index >= 15 is 0 Å². The van der Waals surface area contributed by atoms with E-state index in [1.807, 2.05) is 14.1 Å². The molecule has 0 aromatic heterocycles. The Morgan fingerprint density at radius 2 is 1.93 bits per heavy atom. The molecule has 0 radical (unpaired) electrons. The first-order chi connectivity index (χ1) is 7.02. The summed E-state index contributed by atoms with van der Waals surface area (Å²) in [5.41, 5.74) is -0.191. The number of nitrogens with zero attached hydrogens (tertiary/aromatic N) is 2. The van der Waals surface area contributed by atoms with Crippen molar-refractivity contribution in [3.63, 3.8) is 0 Å². The number of hydrogen-bond donors (Lipinski definition) is 0. The predicted octanol–water partition coefficient (Wildman–Crippen LogP) is 3.05. The van der Waals surface area contributed by atoms with Gasteiger partial charge < -0.3 is 0 Å². The van der Waals surface area contributed by atoms with Crippen LogP contribution in [0, 0.1) is 23.2 Å². The molecule has 2 heteroatoms. The van der Waals surface area contributed by atoms with Gasteiger partial charge in [-0.15, -0.1) is 0 Å². The van der Waals surface area contributed by atoms with Gasteiger partial charge in [0, 0.05) is 0 Å². The van der Waals surface area contributed by atoms with Crippen LogP contribution in [-0.2, 0) is 0 Å². The largest absolute Gasteiger partial charge is 0.292 e. The first-order valence-corrected chi connectivity index (χ1v) is 6.10. The molecule has 2 atom stereocenters. The maximum atomic E-state index is 9.37. The second kappa shape index (κ2) is 4.99. The normalized spacial score (nSPS) is 32.7. The molecule has 0 aliphatic heterocycles. The van der Waals surface area contributed by atoms with E-state index in [-0.39, 0.29) is 5.54 Å². The summed E-state index contributed by atoms with van der Waals surface area (Å²) < 4.78 is 0. The highest BCUT2D eigenvalue weighted by Crippen LogP contribution is 2.35. The zero-order valence-corrected chi connectivity index (χ0v) is 10.6. The molecule has 0 amide bonds. The van der Waals surface area contributed by atoms with Crippen molar-refractivity contribution in [2.45, 2.75) is 51.5 Å². The van der Waals surface area contributed by atoms with Crippen LogP contribution in [0.5, 0.6) is 0 Å². The molecule has 2 nitrogen and oxygen atoms in total. The van der Waals surface area contributed by atoms with Crippen LogP contribution in [0.4, 0.5) is 0 Å². The van der Waals surface area contributed by atoms with E-state index in [0.29, 0.717) is 0 Å². The van der Waals surface area contributed by atoms with Gasteiger partial charge in [0.2, 0.25) is 0 Å². The molecule has 0 aromatic rings. The molecule has 0 aromatic carbocycles. The Balaban J connectivity index is 2.70. The highest BCUT2D eigenvalue weighted by atomic mass is 15.1. The molecule has 86 valence electrons. The Bertz CT molecular complexity index is 239. The van der Waals surface area contributed by atoms with Crippen molar-refractivity contribution >= 4 is 0 Å². The minimum atomic E-state index is -0.191. The van der Waals surface area contributed by atoms with Gasteiger partial charge in [-0.1, -0.05) is 26.7 Å². The SMILES string of the molecule is CC(C)C1CCCC(C#N)(N(C)C)CC1. The first-order valence-electron chi connectivity index (χ1n) is 6.10.